The average Bonchev–Trinajstić information content (AvgIpc) is 2.75. The highest BCUT2D eigenvalue weighted by molar-refractivity contribution is 7.89. The third-order valence-corrected chi connectivity index (χ3v) is 7.20. The summed E-state index contributed by atoms with van der Waals surface area (Å²) in [4.78, 5) is 12.9. The van der Waals surface area contributed by atoms with E-state index in [0.717, 1.165) is 5.56 Å². The van der Waals surface area contributed by atoms with E-state index in [1.807, 2.05) is 6.92 Å². The van der Waals surface area contributed by atoms with E-state index in [4.69, 9.17) is 27.9 Å². The zero-order valence-electron chi connectivity index (χ0n) is 17.7. The van der Waals surface area contributed by atoms with Gasteiger partial charge in [-0.3, -0.25) is 4.79 Å². The van der Waals surface area contributed by atoms with Gasteiger partial charge in [-0.2, -0.15) is 4.31 Å². The molecule has 0 bridgehead atoms. The molecule has 0 spiro atoms. The molecule has 1 N–H and O–H groups in total. The topological polar surface area (TPSA) is 75.7 Å². The molecule has 0 unspecified atom stereocenters. The average molecular weight is 493 g/mol. The van der Waals surface area contributed by atoms with Gasteiger partial charge in [0.15, 0.2) is 0 Å². The monoisotopic (exact) mass is 492 g/mol. The van der Waals surface area contributed by atoms with E-state index in [-0.39, 0.29) is 17.3 Å². The van der Waals surface area contributed by atoms with Gasteiger partial charge in [-0.05, 0) is 73.2 Å². The number of rotatable bonds is 7. The molecule has 0 heterocycles. The molecular weight excluding hydrogens is 471 g/mol. The molecule has 3 rings (SSSR count). The fourth-order valence-electron chi connectivity index (χ4n) is 3.12. The number of aryl methyl sites for hydroxylation is 1. The van der Waals surface area contributed by atoms with Crippen molar-refractivity contribution in [2.24, 2.45) is 0 Å². The number of sulfonamides is 1. The highest BCUT2D eigenvalue weighted by Gasteiger charge is 2.23. The Balaban J connectivity index is 1.85. The number of nitrogens with one attached hydrogen (secondary N) is 1. The van der Waals surface area contributed by atoms with E-state index in [9.17, 15) is 13.2 Å². The van der Waals surface area contributed by atoms with E-state index in [2.05, 4.69) is 5.32 Å². The third kappa shape index (κ3) is 5.42. The first-order chi connectivity index (χ1) is 15.1. The van der Waals surface area contributed by atoms with Gasteiger partial charge < -0.3 is 10.1 Å². The molecule has 168 valence electrons. The Morgan fingerprint density at radius 3 is 2.28 bits per heavy atom. The number of hydrogen-bond acceptors (Lipinski definition) is 4. The Bertz CT molecular complexity index is 1250. The maximum absolute atomic E-state index is 12.9. The summed E-state index contributed by atoms with van der Waals surface area (Å²) >= 11 is 11.8. The number of nitrogens with zero attached hydrogens (tertiary/aromatic N) is 1. The molecule has 0 fully saturated rings. The molecule has 9 heteroatoms. The lowest BCUT2D eigenvalue weighted by atomic mass is 10.1. The Labute approximate surface area is 197 Å². The molecule has 1 amide bonds. The van der Waals surface area contributed by atoms with Crippen LogP contribution < -0.4 is 10.1 Å². The van der Waals surface area contributed by atoms with Gasteiger partial charge in [-0.1, -0.05) is 23.2 Å². The maximum Gasteiger partial charge on any atom is 0.255 e. The molecule has 0 aliphatic carbocycles. The van der Waals surface area contributed by atoms with Gasteiger partial charge in [0, 0.05) is 40.5 Å². The van der Waals surface area contributed by atoms with Crippen LogP contribution in [-0.4, -0.2) is 32.8 Å². The van der Waals surface area contributed by atoms with Gasteiger partial charge in [0.25, 0.3) is 5.91 Å². The summed E-state index contributed by atoms with van der Waals surface area (Å²) in [5.74, 6) is 0.143. The van der Waals surface area contributed by atoms with Crippen LogP contribution in [0.3, 0.4) is 0 Å². The number of halogens is 2. The molecule has 0 radical (unpaired) electrons. The standard InChI is InChI=1S/C23H22Cl2N2O4S/c1-15-12-19(25)7-10-21(15)26-23(28)16-4-11-22(31-3)17(13-16)14-27(2)32(29,30)20-8-5-18(24)6-9-20/h4-13H,14H2,1-3H3,(H,26,28). The Hall–Kier alpha value is -2.58. The molecule has 0 saturated heterocycles. The number of benzene rings is 3. The normalized spacial score (nSPS) is 11.4. The lowest BCUT2D eigenvalue weighted by Crippen LogP contribution is -2.27. The number of methoxy groups -OCH3 is 1. The van der Waals surface area contributed by atoms with Crippen LogP contribution in [-0.2, 0) is 16.6 Å². The molecule has 6 nitrogen and oxygen atoms in total. The molecule has 3 aromatic rings. The lowest BCUT2D eigenvalue weighted by Gasteiger charge is -2.19. The van der Waals surface area contributed by atoms with E-state index < -0.39 is 10.0 Å². The van der Waals surface area contributed by atoms with Crippen LogP contribution in [0, 0.1) is 6.92 Å². The lowest BCUT2D eigenvalue weighted by molar-refractivity contribution is 0.102. The van der Waals surface area contributed by atoms with Crippen LogP contribution in [0.2, 0.25) is 10.0 Å². The highest BCUT2D eigenvalue weighted by atomic mass is 35.5. The predicted octanol–water partition coefficient (Wildman–Crippen LogP) is 5.38. The highest BCUT2D eigenvalue weighted by Crippen LogP contribution is 2.26. The summed E-state index contributed by atoms with van der Waals surface area (Å²) in [6.07, 6.45) is 0. The molecule has 3 aromatic carbocycles. The molecule has 0 aliphatic heterocycles. The van der Waals surface area contributed by atoms with Crippen molar-refractivity contribution < 1.29 is 17.9 Å². The van der Waals surface area contributed by atoms with Crippen LogP contribution >= 0.6 is 23.2 Å². The van der Waals surface area contributed by atoms with E-state index in [1.165, 1.54) is 42.7 Å². The van der Waals surface area contributed by atoms with Gasteiger partial charge in [-0.25, -0.2) is 8.42 Å². The van der Waals surface area contributed by atoms with Crippen molar-refractivity contribution in [2.45, 2.75) is 18.4 Å². The van der Waals surface area contributed by atoms with Crippen LogP contribution in [0.25, 0.3) is 0 Å². The van der Waals surface area contributed by atoms with Crippen LogP contribution in [0.15, 0.2) is 65.6 Å². The van der Waals surface area contributed by atoms with E-state index >= 15 is 0 Å². The quantitative estimate of drug-likeness (QED) is 0.479. The summed E-state index contributed by atoms with van der Waals surface area (Å²) in [5, 5.41) is 3.88. The van der Waals surface area contributed by atoms with Gasteiger partial charge in [-0.15, -0.1) is 0 Å². The first-order valence-corrected chi connectivity index (χ1v) is 11.8. The number of anilines is 1. The largest absolute Gasteiger partial charge is 0.496 e. The van der Waals surface area contributed by atoms with Crippen molar-refractivity contribution >= 4 is 44.8 Å². The summed E-state index contributed by atoms with van der Waals surface area (Å²) in [6.45, 7) is 1.85. The number of amides is 1. The van der Waals surface area contributed by atoms with Crippen molar-refractivity contribution in [3.63, 3.8) is 0 Å². The molecule has 0 aromatic heterocycles. The summed E-state index contributed by atoms with van der Waals surface area (Å²) in [6, 6.07) is 16.0. The predicted molar refractivity (Wildman–Crippen MR) is 127 cm³/mol. The fourth-order valence-corrected chi connectivity index (χ4v) is 4.62. The zero-order chi connectivity index (χ0) is 23.5. The van der Waals surface area contributed by atoms with Crippen molar-refractivity contribution in [3.05, 3.63) is 87.4 Å². The molecule has 32 heavy (non-hydrogen) atoms. The molecule has 0 atom stereocenters. The van der Waals surface area contributed by atoms with Gasteiger partial charge >= 0.3 is 0 Å². The molecular formula is C23H22Cl2N2O4S. The van der Waals surface area contributed by atoms with E-state index in [1.54, 1.807) is 36.4 Å². The minimum Gasteiger partial charge on any atom is -0.496 e. The Morgan fingerprint density at radius 2 is 1.66 bits per heavy atom. The number of hydrogen-bond donors (Lipinski definition) is 1. The van der Waals surface area contributed by atoms with Crippen LogP contribution in [0.1, 0.15) is 21.5 Å². The van der Waals surface area contributed by atoms with Gasteiger partial charge in [0.1, 0.15) is 5.75 Å². The van der Waals surface area contributed by atoms with Crippen LogP contribution in [0.5, 0.6) is 5.75 Å². The van der Waals surface area contributed by atoms with Crippen LogP contribution in [0.4, 0.5) is 5.69 Å². The maximum atomic E-state index is 12.9. The summed E-state index contributed by atoms with van der Waals surface area (Å²) in [5.41, 5.74) is 2.38. The smallest absolute Gasteiger partial charge is 0.255 e. The first kappa shape index (κ1) is 24.1. The number of carbonyl (C=O) groups excluding carboxylic acids is 1. The van der Waals surface area contributed by atoms with Crippen molar-refractivity contribution in [3.8, 4) is 5.75 Å². The summed E-state index contributed by atoms with van der Waals surface area (Å²) < 4.78 is 32.4. The van der Waals surface area contributed by atoms with Crippen molar-refractivity contribution in [1.82, 2.24) is 4.31 Å². The molecule has 0 saturated carbocycles. The SMILES string of the molecule is COc1ccc(C(=O)Nc2ccc(Cl)cc2C)cc1CN(C)S(=O)(=O)c1ccc(Cl)cc1. The second-order valence-corrected chi connectivity index (χ2v) is 10.1. The second-order valence-electron chi connectivity index (χ2n) is 7.15. The fraction of sp³-hybridized carbons (Fsp3) is 0.174. The first-order valence-electron chi connectivity index (χ1n) is 9.58. The van der Waals surface area contributed by atoms with Crippen molar-refractivity contribution in [2.75, 3.05) is 19.5 Å². The van der Waals surface area contributed by atoms with E-state index in [0.29, 0.717) is 32.6 Å². The van der Waals surface area contributed by atoms with Gasteiger partial charge in [0.05, 0.1) is 12.0 Å². The third-order valence-electron chi connectivity index (χ3n) is 4.89. The zero-order valence-corrected chi connectivity index (χ0v) is 20.1. The summed E-state index contributed by atoms with van der Waals surface area (Å²) in [7, 11) is -0.809. The number of ether oxygens (including phenoxy) is 1. The Morgan fingerprint density at radius 1 is 1.00 bits per heavy atom. The van der Waals surface area contributed by atoms with Crippen molar-refractivity contribution in [1.29, 1.82) is 0 Å². The Kier molecular flexibility index (Phi) is 7.46. The minimum atomic E-state index is -3.76. The second kappa shape index (κ2) is 9.92. The van der Waals surface area contributed by atoms with Gasteiger partial charge in [0.2, 0.25) is 10.0 Å². The molecule has 0 aliphatic rings. The number of carbonyl (C=O) groups is 1. The minimum absolute atomic E-state index is 0.00915.